The molecule has 1 heterocycles. The second kappa shape index (κ2) is 7.09. The van der Waals surface area contributed by atoms with Crippen LogP contribution in [0.2, 0.25) is 0 Å². The van der Waals surface area contributed by atoms with Gasteiger partial charge in [-0.2, -0.15) is 0 Å². The van der Waals surface area contributed by atoms with Crippen molar-refractivity contribution in [2.24, 2.45) is 5.41 Å². The maximum Gasteiger partial charge on any atom is 0.326 e. The molecule has 0 aromatic heterocycles. The van der Waals surface area contributed by atoms with Gasteiger partial charge in [0.2, 0.25) is 5.91 Å². The highest BCUT2D eigenvalue weighted by atomic mass is 16.4. The number of hydrogen-bond acceptors (Lipinski definition) is 3. The molecule has 2 amide bonds. The highest BCUT2D eigenvalue weighted by Gasteiger charge is 2.32. The van der Waals surface area contributed by atoms with Crippen LogP contribution in [0.5, 0.6) is 0 Å². The SMILES string of the molecule is C=C1c2ccccc2C(=O)N1CC(=O)NC(CCC(C)(C)C)C(=O)O. The van der Waals surface area contributed by atoms with Gasteiger partial charge >= 0.3 is 5.97 Å². The summed E-state index contributed by atoms with van der Waals surface area (Å²) in [6.07, 6.45) is 0.991. The van der Waals surface area contributed by atoms with Crippen molar-refractivity contribution in [2.45, 2.75) is 39.7 Å². The van der Waals surface area contributed by atoms with E-state index in [1.807, 2.05) is 20.8 Å². The molecule has 1 aliphatic heterocycles. The van der Waals surface area contributed by atoms with E-state index in [4.69, 9.17) is 0 Å². The van der Waals surface area contributed by atoms with Crippen molar-refractivity contribution in [1.82, 2.24) is 10.2 Å². The Hall–Kier alpha value is -2.63. The van der Waals surface area contributed by atoms with Crippen molar-refractivity contribution < 1.29 is 19.5 Å². The number of carboxylic acid groups (broad SMARTS) is 1. The third-order valence-corrected chi connectivity index (χ3v) is 4.16. The molecule has 0 aliphatic carbocycles. The van der Waals surface area contributed by atoms with Gasteiger partial charge in [-0.15, -0.1) is 0 Å². The maximum atomic E-state index is 12.4. The summed E-state index contributed by atoms with van der Waals surface area (Å²) in [5.41, 5.74) is 1.63. The van der Waals surface area contributed by atoms with E-state index in [-0.39, 0.29) is 17.9 Å². The summed E-state index contributed by atoms with van der Waals surface area (Å²) in [5.74, 6) is -1.88. The van der Waals surface area contributed by atoms with Crippen molar-refractivity contribution >= 4 is 23.5 Å². The van der Waals surface area contributed by atoms with Crippen LogP contribution in [0.1, 0.15) is 49.5 Å². The van der Waals surface area contributed by atoms with E-state index in [2.05, 4.69) is 11.9 Å². The van der Waals surface area contributed by atoms with Gasteiger partial charge < -0.3 is 10.4 Å². The van der Waals surface area contributed by atoms with Crippen molar-refractivity contribution in [2.75, 3.05) is 6.54 Å². The minimum atomic E-state index is -1.08. The zero-order valence-corrected chi connectivity index (χ0v) is 14.8. The fraction of sp³-hybridized carbons (Fsp3) is 0.421. The van der Waals surface area contributed by atoms with Crippen molar-refractivity contribution in [3.05, 3.63) is 42.0 Å². The predicted octanol–water partition coefficient (Wildman–Crippen LogP) is 2.51. The molecule has 0 fully saturated rings. The van der Waals surface area contributed by atoms with Crippen LogP contribution in [0.3, 0.4) is 0 Å². The molecule has 1 aliphatic rings. The summed E-state index contributed by atoms with van der Waals surface area (Å²) >= 11 is 0. The molecule has 1 aromatic carbocycles. The van der Waals surface area contributed by atoms with Gasteiger partial charge in [-0.05, 0) is 24.3 Å². The van der Waals surface area contributed by atoms with Crippen molar-refractivity contribution in [3.63, 3.8) is 0 Å². The minimum Gasteiger partial charge on any atom is -0.480 e. The van der Waals surface area contributed by atoms with E-state index in [9.17, 15) is 19.5 Å². The molecule has 0 spiro atoms. The number of fused-ring (bicyclic) bond motifs is 1. The standard InChI is InChI=1S/C19H24N2O4/c1-12-13-7-5-6-8-14(13)17(23)21(12)11-16(22)20-15(18(24)25)9-10-19(2,3)4/h5-8,15H,1,9-11H2,2-4H3,(H,20,22)(H,24,25). The Morgan fingerprint density at radius 3 is 2.36 bits per heavy atom. The first-order valence-corrected chi connectivity index (χ1v) is 8.22. The fourth-order valence-electron chi connectivity index (χ4n) is 2.72. The highest BCUT2D eigenvalue weighted by molar-refractivity contribution is 6.10. The number of carboxylic acids is 1. The number of rotatable bonds is 6. The molecule has 2 N–H and O–H groups in total. The number of carbonyl (C=O) groups is 3. The lowest BCUT2D eigenvalue weighted by atomic mass is 9.88. The van der Waals surface area contributed by atoms with Gasteiger partial charge in [0.05, 0.1) is 0 Å². The summed E-state index contributed by atoms with van der Waals surface area (Å²) < 4.78 is 0. The second-order valence-electron chi connectivity index (χ2n) is 7.44. The number of hydrogen-bond donors (Lipinski definition) is 2. The quantitative estimate of drug-likeness (QED) is 0.830. The van der Waals surface area contributed by atoms with Gasteiger partial charge in [0.1, 0.15) is 12.6 Å². The predicted molar refractivity (Wildman–Crippen MR) is 94.8 cm³/mol. The van der Waals surface area contributed by atoms with Crippen LogP contribution in [0.15, 0.2) is 30.8 Å². The average molecular weight is 344 g/mol. The number of benzene rings is 1. The second-order valence-corrected chi connectivity index (χ2v) is 7.44. The smallest absolute Gasteiger partial charge is 0.326 e. The molecule has 0 bridgehead atoms. The van der Waals surface area contributed by atoms with Crippen LogP contribution in [0.25, 0.3) is 5.70 Å². The molecular formula is C19H24N2O4. The summed E-state index contributed by atoms with van der Waals surface area (Å²) in [7, 11) is 0. The first-order chi connectivity index (χ1) is 11.6. The lowest BCUT2D eigenvalue weighted by molar-refractivity contribution is -0.142. The van der Waals surface area contributed by atoms with Gasteiger partial charge in [-0.3, -0.25) is 14.5 Å². The van der Waals surface area contributed by atoms with E-state index in [0.717, 1.165) is 0 Å². The molecule has 1 aromatic rings. The number of nitrogens with one attached hydrogen (secondary N) is 1. The third kappa shape index (κ3) is 4.47. The molecule has 6 heteroatoms. The molecule has 1 unspecified atom stereocenters. The van der Waals surface area contributed by atoms with Crippen LogP contribution in [0.4, 0.5) is 0 Å². The van der Waals surface area contributed by atoms with E-state index in [0.29, 0.717) is 29.7 Å². The van der Waals surface area contributed by atoms with E-state index < -0.39 is 17.9 Å². The molecule has 0 radical (unpaired) electrons. The zero-order chi connectivity index (χ0) is 18.8. The minimum absolute atomic E-state index is 0.0285. The Morgan fingerprint density at radius 1 is 1.24 bits per heavy atom. The lowest BCUT2D eigenvalue weighted by Gasteiger charge is -2.23. The average Bonchev–Trinajstić information content (AvgIpc) is 2.76. The highest BCUT2D eigenvalue weighted by Crippen LogP contribution is 2.30. The summed E-state index contributed by atoms with van der Waals surface area (Å²) in [5, 5.41) is 11.8. The molecule has 0 saturated carbocycles. The lowest BCUT2D eigenvalue weighted by Crippen LogP contribution is -2.45. The number of amides is 2. The molecule has 1 atom stereocenters. The Morgan fingerprint density at radius 2 is 1.84 bits per heavy atom. The summed E-state index contributed by atoms with van der Waals surface area (Å²) in [6.45, 7) is 9.66. The zero-order valence-electron chi connectivity index (χ0n) is 14.8. The Balaban J connectivity index is 2.01. The topological polar surface area (TPSA) is 86.7 Å². The molecule has 6 nitrogen and oxygen atoms in total. The van der Waals surface area contributed by atoms with Crippen molar-refractivity contribution in [1.29, 1.82) is 0 Å². The van der Waals surface area contributed by atoms with Crippen LogP contribution >= 0.6 is 0 Å². The first kappa shape index (κ1) is 18.7. The molecular weight excluding hydrogens is 320 g/mol. The van der Waals surface area contributed by atoms with Gasteiger partial charge in [-0.25, -0.2) is 4.79 Å². The van der Waals surface area contributed by atoms with Crippen LogP contribution < -0.4 is 5.32 Å². The summed E-state index contributed by atoms with van der Waals surface area (Å²) in [6, 6.07) is 6.04. The normalized spacial score (nSPS) is 15.1. The maximum absolute atomic E-state index is 12.4. The number of nitrogens with zero attached hydrogens (tertiary/aromatic N) is 1. The Labute approximate surface area is 147 Å². The van der Waals surface area contributed by atoms with E-state index in [1.54, 1.807) is 24.3 Å². The third-order valence-electron chi connectivity index (χ3n) is 4.16. The van der Waals surface area contributed by atoms with E-state index >= 15 is 0 Å². The van der Waals surface area contributed by atoms with Gasteiger partial charge in [0, 0.05) is 16.8 Å². The van der Waals surface area contributed by atoms with Crippen LogP contribution in [0, 0.1) is 5.41 Å². The van der Waals surface area contributed by atoms with Gasteiger partial charge in [0.25, 0.3) is 5.91 Å². The monoisotopic (exact) mass is 344 g/mol. The molecule has 134 valence electrons. The molecule has 0 saturated heterocycles. The Kier molecular flexibility index (Phi) is 5.30. The van der Waals surface area contributed by atoms with Crippen LogP contribution in [-0.4, -0.2) is 40.4 Å². The first-order valence-electron chi connectivity index (χ1n) is 8.22. The molecule has 2 rings (SSSR count). The van der Waals surface area contributed by atoms with Crippen LogP contribution in [-0.2, 0) is 9.59 Å². The molecule has 25 heavy (non-hydrogen) atoms. The van der Waals surface area contributed by atoms with E-state index in [1.165, 1.54) is 4.90 Å². The van der Waals surface area contributed by atoms with Gasteiger partial charge in [0.15, 0.2) is 0 Å². The van der Waals surface area contributed by atoms with Crippen molar-refractivity contribution in [3.8, 4) is 0 Å². The largest absolute Gasteiger partial charge is 0.480 e. The number of aliphatic carboxylic acids is 1. The van der Waals surface area contributed by atoms with Gasteiger partial charge in [-0.1, -0.05) is 45.5 Å². The Bertz CT molecular complexity index is 683. The summed E-state index contributed by atoms with van der Waals surface area (Å²) in [4.78, 5) is 37.3. The fourth-order valence-corrected chi connectivity index (χ4v) is 2.72. The number of carbonyl (C=O) groups excluding carboxylic acids is 2.